The van der Waals surface area contributed by atoms with Gasteiger partial charge in [-0.2, -0.15) is 0 Å². The van der Waals surface area contributed by atoms with Crippen LogP contribution in [-0.4, -0.2) is 29.9 Å². The van der Waals surface area contributed by atoms with Gasteiger partial charge in [0.2, 0.25) is 0 Å². The molecule has 17 heavy (non-hydrogen) atoms. The number of hydrogen-bond donors (Lipinski definition) is 1. The number of hydrogen-bond acceptors (Lipinski definition) is 2. The Bertz CT molecular complexity index is 370. The van der Waals surface area contributed by atoms with Gasteiger partial charge in [0.1, 0.15) is 0 Å². The van der Waals surface area contributed by atoms with Gasteiger partial charge in [0.15, 0.2) is 0 Å². The average Bonchev–Trinajstić information content (AvgIpc) is 2.30. The van der Waals surface area contributed by atoms with Crippen molar-refractivity contribution in [1.82, 2.24) is 4.90 Å². The lowest BCUT2D eigenvalue weighted by Gasteiger charge is -2.30. The Morgan fingerprint density at radius 1 is 1.24 bits per heavy atom. The smallest absolute Gasteiger partial charge is 0.253 e. The Hall–Kier alpha value is -1.06. The fourth-order valence-corrected chi connectivity index (χ4v) is 1.98. The van der Waals surface area contributed by atoms with E-state index in [2.05, 4.69) is 0 Å². The van der Waals surface area contributed by atoms with Crippen LogP contribution in [0.4, 0.5) is 0 Å². The molecular weight excluding hydrogens is 236 g/mol. The number of amides is 1. The lowest BCUT2D eigenvalue weighted by atomic mass is 10.0. The van der Waals surface area contributed by atoms with Gasteiger partial charge in [-0.3, -0.25) is 4.79 Å². The minimum atomic E-state index is 0. The molecule has 1 aliphatic rings. The monoisotopic (exact) mass is 254 g/mol. The first-order chi connectivity index (χ1) is 7.66. The number of nitrogens with two attached hydrogens (primary N) is 1. The van der Waals surface area contributed by atoms with Gasteiger partial charge in [-0.05, 0) is 31.9 Å². The second-order valence-electron chi connectivity index (χ2n) is 4.50. The predicted molar refractivity (Wildman–Crippen MR) is 71.5 cm³/mol. The molecule has 3 nitrogen and oxygen atoms in total. The number of halogens is 1. The van der Waals surface area contributed by atoms with Crippen molar-refractivity contribution in [2.75, 3.05) is 13.1 Å². The third-order valence-corrected chi connectivity index (χ3v) is 3.13. The normalized spacial score (nSPS) is 16.5. The first-order valence-electron chi connectivity index (χ1n) is 5.78. The zero-order valence-corrected chi connectivity index (χ0v) is 10.9. The quantitative estimate of drug-likeness (QED) is 0.833. The molecule has 1 fully saturated rings. The molecule has 1 aliphatic heterocycles. The van der Waals surface area contributed by atoms with Crippen LogP contribution in [0.5, 0.6) is 0 Å². The lowest BCUT2D eigenvalue weighted by molar-refractivity contribution is 0.0715. The summed E-state index contributed by atoms with van der Waals surface area (Å²) in [4.78, 5) is 14.0. The zero-order chi connectivity index (χ0) is 11.5. The number of nitrogens with zero attached hydrogens (tertiary/aromatic N) is 1. The second kappa shape index (κ2) is 6.03. The molecule has 1 heterocycles. The largest absolute Gasteiger partial charge is 0.339 e. The molecule has 0 saturated carbocycles. The summed E-state index contributed by atoms with van der Waals surface area (Å²) in [7, 11) is 0. The minimum absolute atomic E-state index is 0. The number of rotatable bonds is 1. The summed E-state index contributed by atoms with van der Waals surface area (Å²) < 4.78 is 0. The number of carbonyl (C=O) groups excluding carboxylic acids is 1. The predicted octanol–water partition coefficient (Wildman–Crippen LogP) is 1.98. The van der Waals surface area contributed by atoms with Crippen LogP contribution >= 0.6 is 12.4 Å². The number of benzene rings is 1. The van der Waals surface area contributed by atoms with Crippen LogP contribution < -0.4 is 5.73 Å². The summed E-state index contributed by atoms with van der Waals surface area (Å²) in [5.41, 5.74) is 7.77. The van der Waals surface area contributed by atoms with Crippen molar-refractivity contribution >= 4 is 18.3 Å². The first kappa shape index (κ1) is 14.0. The summed E-state index contributed by atoms with van der Waals surface area (Å²) >= 11 is 0. The summed E-state index contributed by atoms with van der Waals surface area (Å²) in [6.45, 7) is 3.59. The molecule has 1 aromatic rings. The molecule has 1 aromatic carbocycles. The summed E-state index contributed by atoms with van der Waals surface area (Å²) in [6, 6.07) is 8.01. The third-order valence-electron chi connectivity index (χ3n) is 3.13. The minimum Gasteiger partial charge on any atom is -0.339 e. The highest BCUT2D eigenvalue weighted by atomic mass is 35.5. The molecule has 0 spiro atoms. The maximum absolute atomic E-state index is 12.1. The molecule has 4 heteroatoms. The van der Waals surface area contributed by atoms with Crippen LogP contribution in [-0.2, 0) is 0 Å². The van der Waals surface area contributed by atoms with Crippen molar-refractivity contribution in [3.63, 3.8) is 0 Å². The molecule has 0 aliphatic carbocycles. The molecule has 0 radical (unpaired) electrons. The van der Waals surface area contributed by atoms with Crippen molar-refractivity contribution < 1.29 is 4.79 Å². The van der Waals surface area contributed by atoms with Crippen LogP contribution in [0.2, 0.25) is 0 Å². The van der Waals surface area contributed by atoms with Crippen molar-refractivity contribution in [3.05, 3.63) is 35.4 Å². The van der Waals surface area contributed by atoms with E-state index in [0.717, 1.165) is 31.5 Å². The van der Waals surface area contributed by atoms with Gasteiger partial charge in [-0.15, -0.1) is 12.4 Å². The molecule has 0 aromatic heterocycles. The van der Waals surface area contributed by atoms with Crippen molar-refractivity contribution in [1.29, 1.82) is 0 Å². The SMILES string of the molecule is Cc1ccc(C(=O)N2CCC(N)CC2)cc1.Cl. The van der Waals surface area contributed by atoms with E-state index in [0.29, 0.717) is 0 Å². The topological polar surface area (TPSA) is 46.3 Å². The van der Waals surface area contributed by atoms with Gasteiger partial charge in [0.25, 0.3) is 5.91 Å². The highest BCUT2D eigenvalue weighted by molar-refractivity contribution is 5.94. The van der Waals surface area contributed by atoms with E-state index in [1.807, 2.05) is 36.1 Å². The fourth-order valence-electron chi connectivity index (χ4n) is 1.98. The van der Waals surface area contributed by atoms with E-state index in [9.17, 15) is 4.79 Å². The lowest BCUT2D eigenvalue weighted by Crippen LogP contribution is -2.42. The molecule has 0 bridgehead atoms. The molecule has 2 N–H and O–H groups in total. The van der Waals surface area contributed by atoms with E-state index in [1.165, 1.54) is 5.56 Å². The Labute approximate surface area is 108 Å². The maximum Gasteiger partial charge on any atom is 0.253 e. The van der Waals surface area contributed by atoms with Gasteiger partial charge in [-0.25, -0.2) is 0 Å². The van der Waals surface area contributed by atoms with Gasteiger partial charge < -0.3 is 10.6 Å². The van der Waals surface area contributed by atoms with Gasteiger partial charge in [-0.1, -0.05) is 17.7 Å². The molecule has 0 atom stereocenters. The number of likely N-dealkylation sites (tertiary alicyclic amines) is 1. The third kappa shape index (κ3) is 3.45. The fraction of sp³-hybridized carbons (Fsp3) is 0.462. The van der Waals surface area contributed by atoms with Crippen LogP contribution in [0.15, 0.2) is 24.3 Å². The van der Waals surface area contributed by atoms with E-state index in [4.69, 9.17) is 5.73 Å². The Morgan fingerprint density at radius 3 is 2.29 bits per heavy atom. The van der Waals surface area contributed by atoms with Crippen molar-refractivity contribution in [2.45, 2.75) is 25.8 Å². The van der Waals surface area contributed by atoms with Gasteiger partial charge in [0, 0.05) is 24.7 Å². The molecule has 2 rings (SSSR count). The van der Waals surface area contributed by atoms with Crippen LogP contribution in [0.3, 0.4) is 0 Å². The van der Waals surface area contributed by atoms with Crippen LogP contribution in [0.25, 0.3) is 0 Å². The average molecular weight is 255 g/mol. The van der Waals surface area contributed by atoms with Crippen LogP contribution in [0.1, 0.15) is 28.8 Å². The standard InChI is InChI=1S/C13H18N2O.ClH/c1-10-2-4-11(5-3-10)13(16)15-8-6-12(14)7-9-15;/h2-5,12H,6-9,14H2,1H3;1H. The highest BCUT2D eigenvalue weighted by Crippen LogP contribution is 2.13. The molecular formula is C13H19ClN2O. The maximum atomic E-state index is 12.1. The molecule has 94 valence electrons. The number of carbonyl (C=O) groups is 1. The number of aryl methyl sites for hydroxylation is 1. The summed E-state index contributed by atoms with van der Waals surface area (Å²) in [5, 5.41) is 0. The molecule has 1 saturated heterocycles. The first-order valence-corrected chi connectivity index (χ1v) is 5.78. The zero-order valence-electron chi connectivity index (χ0n) is 10.1. The van der Waals surface area contributed by atoms with Crippen molar-refractivity contribution in [3.8, 4) is 0 Å². The van der Waals surface area contributed by atoms with Gasteiger partial charge >= 0.3 is 0 Å². The van der Waals surface area contributed by atoms with E-state index in [1.54, 1.807) is 0 Å². The van der Waals surface area contributed by atoms with Crippen molar-refractivity contribution in [2.24, 2.45) is 5.73 Å². The van der Waals surface area contributed by atoms with Crippen LogP contribution in [0, 0.1) is 6.92 Å². The Kier molecular flexibility index (Phi) is 4.97. The molecule has 0 unspecified atom stereocenters. The van der Waals surface area contributed by atoms with E-state index in [-0.39, 0.29) is 24.4 Å². The Balaban J connectivity index is 0.00000144. The Morgan fingerprint density at radius 2 is 1.76 bits per heavy atom. The summed E-state index contributed by atoms with van der Waals surface area (Å²) in [6.07, 6.45) is 1.83. The highest BCUT2D eigenvalue weighted by Gasteiger charge is 2.21. The number of piperidine rings is 1. The van der Waals surface area contributed by atoms with Gasteiger partial charge in [0.05, 0.1) is 0 Å². The summed E-state index contributed by atoms with van der Waals surface area (Å²) in [5.74, 6) is 0.131. The second-order valence-corrected chi connectivity index (χ2v) is 4.50. The van der Waals surface area contributed by atoms with E-state index >= 15 is 0 Å². The molecule has 1 amide bonds. The van der Waals surface area contributed by atoms with E-state index < -0.39 is 0 Å².